The zero-order valence-corrected chi connectivity index (χ0v) is 19.2. The second-order valence-corrected chi connectivity index (χ2v) is 11.3. The average molecular weight is 471 g/mol. The summed E-state index contributed by atoms with van der Waals surface area (Å²) in [6.07, 6.45) is -0.728. The van der Waals surface area contributed by atoms with E-state index in [-0.39, 0.29) is 11.4 Å². The quantitative estimate of drug-likeness (QED) is 0.683. The molecule has 0 unspecified atom stereocenters. The number of nitrogens with two attached hydrogens (primary N) is 1. The monoisotopic (exact) mass is 470 g/mol. The van der Waals surface area contributed by atoms with Crippen molar-refractivity contribution in [2.24, 2.45) is 5.73 Å². The number of hydrogen-bond acceptors (Lipinski definition) is 5. The Kier molecular flexibility index (Phi) is 6.13. The van der Waals surface area contributed by atoms with E-state index in [2.05, 4.69) is 5.32 Å². The van der Waals surface area contributed by atoms with Crippen molar-refractivity contribution in [3.8, 4) is 0 Å². The predicted molar refractivity (Wildman–Crippen MR) is 118 cm³/mol. The minimum Gasteiger partial charge on any atom is -0.444 e. The molecule has 3 rings (SSSR count). The van der Waals surface area contributed by atoms with E-state index in [0.717, 1.165) is 0 Å². The number of amides is 1. The van der Waals surface area contributed by atoms with Crippen LogP contribution in [0.15, 0.2) is 53.4 Å². The smallest absolute Gasteiger partial charge is 0.408 e. The highest BCUT2D eigenvalue weighted by Gasteiger charge is 2.71. The molecule has 3 N–H and O–H groups in total. The number of benzene rings is 2. The van der Waals surface area contributed by atoms with Crippen LogP contribution in [0.2, 0.25) is 10.0 Å². The number of carbonyl (C=O) groups excluding carboxylic acids is 1. The maximum atomic E-state index is 13.5. The van der Waals surface area contributed by atoms with Gasteiger partial charge in [-0.2, -0.15) is 0 Å². The third kappa shape index (κ3) is 4.44. The first-order chi connectivity index (χ1) is 13.9. The van der Waals surface area contributed by atoms with E-state index in [0.29, 0.717) is 15.6 Å². The third-order valence-electron chi connectivity index (χ3n) is 5.01. The summed E-state index contributed by atoms with van der Waals surface area (Å²) < 4.78 is 32.3. The number of halogens is 2. The van der Waals surface area contributed by atoms with Crippen LogP contribution in [0.3, 0.4) is 0 Å². The Hall–Kier alpha value is -1.80. The fourth-order valence-corrected chi connectivity index (χ4v) is 6.41. The lowest BCUT2D eigenvalue weighted by molar-refractivity contribution is 0.0497. The molecule has 0 bridgehead atoms. The molecule has 1 amide bonds. The van der Waals surface area contributed by atoms with Crippen molar-refractivity contribution in [3.05, 3.63) is 64.1 Å². The van der Waals surface area contributed by atoms with Crippen molar-refractivity contribution in [1.29, 1.82) is 0 Å². The Labute approximate surface area is 186 Å². The van der Waals surface area contributed by atoms with Gasteiger partial charge < -0.3 is 15.8 Å². The number of sulfone groups is 1. The lowest BCUT2D eigenvalue weighted by atomic mass is 10.1. The van der Waals surface area contributed by atoms with Crippen LogP contribution >= 0.6 is 23.2 Å². The molecule has 3 atom stereocenters. The molecule has 0 saturated heterocycles. The van der Waals surface area contributed by atoms with Crippen LogP contribution in [0.1, 0.15) is 32.3 Å². The highest BCUT2D eigenvalue weighted by Crippen LogP contribution is 2.57. The minimum atomic E-state index is -3.85. The van der Waals surface area contributed by atoms with Crippen LogP contribution in [0.5, 0.6) is 0 Å². The van der Waals surface area contributed by atoms with Crippen molar-refractivity contribution < 1.29 is 17.9 Å². The minimum absolute atomic E-state index is 0.0963. The van der Waals surface area contributed by atoms with Gasteiger partial charge in [0, 0.05) is 22.5 Å². The second-order valence-electron chi connectivity index (χ2n) is 8.32. The van der Waals surface area contributed by atoms with Gasteiger partial charge in [-0.25, -0.2) is 13.2 Å². The van der Waals surface area contributed by atoms with E-state index in [4.69, 9.17) is 33.7 Å². The van der Waals surface area contributed by atoms with Gasteiger partial charge in [0.05, 0.1) is 10.4 Å². The van der Waals surface area contributed by atoms with E-state index in [1.54, 1.807) is 45.0 Å². The molecule has 1 aliphatic rings. The van der Waals surface area contributed by atoms with Crippen molar-refractivity contribution in [3.63, 3.8) is 0 Å². The number of hydrogen-bond donors (Lipinski definition) is 2. The molecule has 1 saturated carbocycles. The van der Waals surface area contributed by atoms with Gasteiger partial charge in [-0.1, -0.05) is 35.3 Å². The van der Waals surface area contributed by atoms with Gasteiger partial charge in [0.2, 0.25) is 0 Å². The van der Waals surface area contributed by atoms with Crippen LogP contribution in [0.4, 0.5) is 4.79 Å². The number of rotatable bonds is 5. The summed E-state index contributed by atoms with van der Waals surface area (Å²) in [5, 5.41) is 2.65. The largest absolute Gasteiger partial charge is 0.444 e. The molecule has 30 heavy (non-hydrogen) atoms. The first-order valence-electron chi connectivity index (χ1n) is 9.37. The molecule has 2 aromatic rings. The molecule has 1 fully saturated rings. The maximum Gasteiger partial charge on any atom is 0.408 e. The Morgan fingerprint density at radius 1 is 1.13 bits per heavy atom. The summed E-state index contributed by atoms with van der Waals surface area (Å²) >= 11 is 12.0. The van der Waals surface area contributed by atoms with Crippen LogP contribution in [-0.2, 0) is 14.6 Å². The third-order valence-corrected chi connectivity index (χ3v) is 7.79. The van der Waals surface area contributed by atoms with Crippen LogP contribution in [-0.4, -0.2) is 37.4 Å². The van der Waals surface area contributed by atoms with Gasteiger partial charge in [0.1, 0.15) is 10.9 Å². The number of ether oxygens (including phenoxy) is 1. The van der Waals surface area contributed by atoms with Crippen molar-refractivity contribution in [2.75, 3.05) is 6.54 Å². The van der Waals surface area contributed by atoms with Crippen molar-refractivity contribution >= 4 is 39.1 Å². The predicted octanol–water partition coefficient (Wildman–Crippen LogP) is 4.16. The number of alkyl carbamates (subject to hydrolysis) is 1. The van der Waals surface area contributed by atoms with Gasteiger partial charge in [0.25, 0.3) is 0 Å². The molecule has 0 heterocycles. The van der Waals surface area contributed by atoms with Crippen LogP contribution in [0.25, 0.3) is 0 Å². The Morgan fingerprint density at radius 2 is 1.77 bits per heavy atom. The standard InChI is InChI=1S/C21H24Cl2N2O4S/c1-20(2,3)29-19(26)25-21(12-24)17(13-5-4-6-15(23)11-13)18(21)30(27,28)16-9-7-14(22)8-10-16/h4-11,17-18H,12,24H2,1-3H3,(H,25,26)/t17-,18-,21-/m1/s1. The highest BCUT2D eigenvalue weighted by molar-refractivity contribution is 7.92. The molecular weight excluding hydrogens is 447 g/mol. The number of carbonyl (C=O) groups is 1. The molecule has 0 aromatic heterocycles. The SMILES string of the molecule is CC(C)(C)OC(=O)N[C@]1(CN)[C@H](c2cccc(Cl)c2)[C@H]1S(=O)(=O)c1ccc(Cl)cc1. The lowest BCUT2D eigenvalue weighted by Gasteiger charge is -2.24. The van der Waals surface area contributed by atoms with Crippen molar-refractivity contribution in [2.45, 2.75) is 48.0 Å². The topological polar surface area (TPSA) is 98.5 Å². The first-order valence-corrected chi connectivity index (χ1v) is 11.7. The summed E-state index contributed by atoms with van der Waals surface area (Å²) in [6, 6.07) is 12.8. The zero-order chi connectivity index (χ0) is 22.3. The maximum absolute atomic E-state index is 13.5. The van der Waals surface area contributed by atoms with Gasteiger partial charge in [-0.15, -0.1) is 0 Å². The molecule has 0 spiro atoms. The first kappa shape index (κ1) is 22.9. The molecule has 2 aromatic carbocycles. The number of nitrogens with one attached hydrogen (secondary N) is 1. The van der Waals surface area contributed by atoms with E-state index in [1.807, 2.05) is 0 Å². The molecule has 0 aliphatic heterocycles. The van der Waals surface area contributed by atoms with Crippen LogP contribution < -0.4 is 11.1 Å². The van der Waals surface area contributed by atoms with E-state index in [9.17, 15) is 13.2 Å². The van der Waals surface area contributed by atoms with Crippen molar-refractivity contribution in [1.82, 2.24) is 5.32 Å². The van der Waals surface area contributed by atoms with Gasteiger partial charge in [0.15, 0.2) is 9.84 Å². The van der Waals surface area contributed by atoms with Gasteiger partial charge in [-0.3, -0.25) is 0 Å². The van der Waals surface area contributed by atoms with E-state index < -0.39 is 38.2 Å². The molecule has 6 nitrogen and oxygen atoms in total. The molecular formula is C21H24Cl2N2O4S. The average Bonchev–Trinajstić information content (AvgIpc) is 3.30. The second kappa shape index (κ2) is 8.04. The van der Waals surface area contributed by atoms with Gasteiger partial charge >= 0.3 is 6.09 Å². The molecule has 162 valence electrons. The Morgan fingerprint density at radius 3 is 2.30 bits per heavy atom. The van der Waals surface area contributed by atoms with E-state index in [1.165, 1.54) is 24.3 Å². The summed E-state index contributed by atoms with van der Waals surface area (Å²) in [7, 11) is -3.85. The lowest BCUT2D eigenvalue weighted by Crippen LogP contribution is -2.49. The normalized spacial score (nSPS) is 23.7. The Balaban J connectivity index is 2.05. The van der Waals surface area contributed by atoms with E-state index >= 15 is 0 Å². The van der Waals surface area contributed by atoms with Gasteiger partial charge in [-0.05, 0) is 62.7 Å². The molecule has 0 radical (unpaired) electrons. The fraction of sp³-hybridized carbons (Fsp3) is 0.381. The summed E-state index contributed by atoms with van der Waals surface area (Å²) in [5.41, 5.74) is 4.74. The summed E-state index contributed by atoms with van der Waals surface area (Å²) in [4.78, 5) is 12.6. The molecule has 9 heteroatoms. The molecule has 1 aliphatic carbocycles. The highest BCUT2D eigenvalue weighted by atomic mass is 35.5. The van der Waals surface area contributed by atoms with Crippen LogP contribution in [0, 0.1) is 0 Å². The summed E-state index contributed by atoms with van der Waals surface area (Å²) in [6.45, 7) is 5.09. The zero-order valence-electron chi connectivity index (χ0n) is 16.9. The summed E-state index contributed by atoms with van der Waals surface area (Å²) in [5.74, 6) is -0.589. The fourth-order valence-electron chi connectivity index (χ4n) is 3.74. The Bertz CT molecular complexity index is 1050.